The number of carbonyl (C=O) groups excluding carboxylic acids is 1. The molecule has 2 aromatic heterocycles. The van der Waals surface area contributed by atoms with Crippen LogP contribution in [0.5, 0.6) is 6.01 Å². The fourth-order valence-electron chi connectivity index (χ4n) is 2.67. The lowest BCUT2D eigenvalue weighted by atomic mass is 9.93. The van der Waals surface area contributed by atoms with Crippen LogP contribution in [-0.2, 0) is 11.2 Å². The summed E-state index contributed by atoms with van der Waals surface area (Å²) in [5.41, 5.74) is 0. The Balaban J connectivity index is 1.41. The van der Waals surface area contributed by atoms with Gasteiger partial charge in [-0.2, -0.15) is 0 Å². The monoisotopic (exact) mass is 317 g/mol. The van der Waals surface area contributed by atoms with E-state index in [0.29, 0.717) is 12.4 Å². The van der Waals surface area contributed by atoms with Crippen LogP contribution < -0.4 is 10.1 Å². The highest BCUT2D eigenvalue weighted by Crippen LogP contribution is 2.22. The van der Waals surface area contributed by atoms with Gasteiger partial charge in [-0.25, -0.2) is 9.97 Å². The zero-order valence-electron chi connectivity index (χ0n) is 12.3. The molecule has 0 saturated heterocycles. The molecule has 0 spiro atoms. The Morgan fingerprint density at radius 2 is 2.00 bits per heavy atom. The Labute approximate surface area is 133 Å². The highest BCUT2D eigenvalue weighted by molar-refractivity contribution is 7.10. The van der Waals surface area contributed by atoms with Gasteiger partial charge in [-0.1, -0.05) is 6.07 Å². The molecule has 5 nitrogen and oxygen atoms in total. The lowest BCUT2D eigenvalue weighted by molar-refractivity contribution is -0.121. The lowest BCUT2D eigenvalue weighted by Gasteiger charge is -2.28. The normalized spacial score (nSPS) is 21.3. The summed E-state index contributed by atoms with van der Waals surface area (Å²) >= 11 is 1.62. The second-order valence-corrected chi connectivity index (χ2v) is 6.48. The standard InChI is InChI=1S/C16H19N3O2S/c20-15(11-14-3-1-10-22-14)19-12-4-6-13(7-5-12)21-16-17-8-2-9-18-16/h1-3,8-10,12-13H,4-7,11H2,(H,19,20). The molecule has 0 bridgehead atoms. The number of ether oxygens (including phenoxy) is 1. The Morgan fingerprint density at radius 3 is 2.68 bits per heavy atom. The van der Waals surface area contributed by atoms with E-state index >= 15 is 0 Å². The summed E-state index contributed by atoms with van der Waals surface area (Å²) in [6.07, 6.45) is 7.70. The van der Waals surface area contributed by atoms with Crippen molar-refractivity contribution in [2.45, 2.75) is 44.2 Å². The minimum absolute atomic E-state index is 0.109. The van der Waals surface area contributed by atoms with E-state index in [-0.39, 0.29) is 18.1 Å². The van der Waals surface area contributed by atoms with Crippen molar-refractivity contribution in [1.29, 1.82) is 0 Å². The smallest absolute Gasteiger partial charge is 0.316 e. The van der Waals surface area contributed by atoms with Gasteiger partial charge in [-0.3, -0.25) is 4.79 Å². The van der Waals surface area contributed by atoms with E-state index in [9.17, 15) is 4.79 Å². The van der Waals surface area contributed by atoms with Gasteiger partial charge in [0.1, 0.15) is 6.10 Å². The molecule has 116 valence electrons. The Bertz CT molecular complexity index is 581. The molecule has 6 heteroatoms. The van der Waals surface area contributed by atoms with E-state index in [1.165, 1.54) is 0 Å². The Kier molecular flexibility index (Phi) is 5.00. The van der Waals surface area contributed by atoms with E-state index in [0.717, 1.165) is 30.6 Å². The molecule has 0 unspecified atom stereocenters. The molecule has 0 aliphatic heterocycles. The summed E-state index contributed by atoms with van der Waals surface area (Å²) in [5.74, 6) is 0.109. The number of hydrogen-bond acceptors (Lipinski definition) is 5. The van der Waals surface area contributed by atoms with Gasteiger partial charge in [0.25, 0.3) is 0 Å². The third-order valence-corrected chi connectivity index (χ3v) is 4.64. The van der Waals surface area contributed by atoms with Gasteiger partial charge in [-0.15, -0.1) is 11.3 Å². The van der Waals surface area contributed by atoms with Crippen LogP contribution in [0.15, 0.2) is 36.0 Å². The predicted octanol–water partition coefficient (Wildman–Crippen LogP) is 2.59. The molecule has 2 heterocycles. The number of thiophene rings is 1. The summed E-state index contributed by atoms with van der Waals surface area (Å²) in [6, 6.07) is 6.43. The molecule has 1 amide bonds. The van der Waals surface area contributed by atoms with E-state index < -0.39 is 0 Å². The highest BCUT2D eigenvalue weighted by Gasteiger charge is 2.24. The van der Waals surface area contributed by atoms with Gasteiger partial charge in [0, 0.05) is 23.3 Å². The van der Waals surface area contributed by atoms with Crippen LogP contribution in [0.4, 0.5) is 0 Å². The molecule has 1 fully saturated rings. The molecule has 0 atom stereocenters. The third-order valence-electron chi connectivity index (χ3n) is 3.77. The number of aromatic nitrogens is 2. The second-order valence-electron chi connectivity index (χ2n) is 5.45. The van der Waals surface area contributed by atoms with E-state index in [4.69, 9.17) is 4.74 Å². The number of amides is 1. The second kappa shape index (κ2) is 7.35. The van der Waals surface area contributed by atoms with Gasteiger partial charge >= 0.3 is 6.01 Å². The Morgan fingerprint density at radius 1 is 1.23 bits per heavy atom. The molecule has 1 saturated carbocycles. The number of hydrogen-bond donors (Lipinski definition) is 1. The van der Waals surface area contributed by atoms with Crippen molar-refractivity contribution in [3.05, 3.63) is 40.8 Å². The first-order chi connectivity index (χ1) is 10.8. The minimum atomic E-state index is 0.109. The van der Waals surface area contributed by atoms with Crippen molar-refractivity contribution in [1.82, 2.24) is 15.3 Å². The van der Waals surface area contributed by atoms with E-state index in [1.54, 1.807) is 29.8 Å². The SMILES string of the molecule is O=C(Cc1cccs1)NC1CCC(Oc2ncccn2)CC1. The average Bonchev–Trinajstić information content (AvgIpc) is 3.03. The number of nitrogens with zero attached hydrogens (tertiary/aromatic N) is 2. The molecule has 1 N–H and O–H groups in total. The average molecular weight is 317 g/mol. The maximum Gasteiger partial charge on any atom is 0.316 e. The molecule has 1 aliphatic carbocycles. The van der Waals surface area contributed by atoms with Crippen molar-refractivity contribution in [2.24, 2.45) is 0 Å². The van der Waals surface area contributed by atoms with Gasteiger partial charge in [-0.05, 0) is 43.2 Å². The van der Waals surface area contributed by atoms with E-state index in [1.807, 2.05) is 17.5 Å². The summed E-state index contributed by atoms with van der Waals surface area (Å²) in [4.78, 5) is 21.3. The maximum atomic E-state index is 12.0. The van der Waals surface area contributed by atoms with Crippen molar-refractivity contribution in [2.75, 3.05) is 0 Å². The first-order valence-electron chi connectivity index (χ1n) is 7.55. The largest absolute Gasteiger partial charge is 0.460 e. The van der Waals surface area contributed by atoms with Gasteiger partial charge < -0.3 is 10.1 Å². The highest BCUT2D eigenvalue weighted by atomic mass is 32.1. The maximum absolute atomic E-state index is 12.0. The quantitative estimate of drug-likeness (QED) is 0.920. The van der Waals surface area contributed by atoms with Gasteiger partial charge in [0.05, 0.1) is 6.42 Å². The number of carbonyl (C=O) groups is 1. The van der Waals surface area contributed by atoms with Crippen molar-refractivity contribution < 1.29 is 9.53 Å². The molecule has 3 rings (SSSR count). The molecule has 0 aromatic carbocycles. The predicted molar refractivity (Wildman–Crippen MR) is 84.9 cm³/mol. The molecule has 0 radical (unpaired) electrons. The molecule has 22 heavy (non-hydrogen) atoms. The minimum Gasteiger partial charge on any atom is -0.460 e. The summed E-state index contributed by atoms with van der Waals surface area (Å²) in [6.45, 7) is 0. The van der Waals surface area contributed by atoms with Crippen LogP contribution in [-0.4, -0.2) is 28.0 Å². The lowest BCUT2D eigenvalue weighted by Crippen LogP contribution is -2.40. The first-order valence-corrected chi connectivity index (χ1v) is 8.43. The summed E-state index contributed by atoms with van der Waals surface area (Å²) in [5, 5.41) is 5.12. The molecule has 1 aliphatic rings. The van der Waals surface area contributed by atoms with E-state index in [2.05, 4.69) is 15.3 Å². The molecule has 2 aromatic rings. The summed E-state index contributed by atoms with van der Waals surface area (Å²) in [7, 11) is 0. The van der Waals surface area contributed by atoms with Gasteiger partial charge in [0.2, 0.25) is 5.91 Å². The van der Waals surface area contributed by atoms with Crippen LogP contribution in [0.1, 0.15) is 30.6 Å². The first kappa shape index (κ1) is 15.0. The molecular formula is C16H19N3O2S. The zero-order valence-corrected chi connectivity index (χ0v) is 13.1. The topological polar surface area (TPSA) is 64.1 Å². The van der Waals surface area contributed by atoms with Crippen molar-refractivity contribution in [3.8, 4) is 6.01 Å². The van der Waals surface area contributed by atoms with Gasteiger partial charge in [0.15, 0.2) is 0 Å². The fraction of sp³-hybridized carbons (Fsp3) is 0.438. The van der Waals surface area contributed by atoms with Crippen molar-refractivity contribution in [3.63, 3.8) is 0 Å². The van der Waals surface area contributed by atoms with Crippen LogP contribution in [0.3, 0.4) is 0 Å². The zero-order chi connectivity index (χ0) is 15.2. The van der Waals surface area contributed by atoms with Crippen molar-refractivity contribution >= 4 is 17.2 Å². The number of rotatable bonds is 5. The molecular weight excluding hydrogens is 298 g/mol. The Hall–Kier alpha value is -1.95. The fourth-order valence-corrected chi connectivity index (χ4v) is 3.37. The van der Waals surface area contributed by atoms with Crippen LogP contribution in [0.2, 0.25) is 0 Å². The van der Waals surface area contributed by atoms with Crippen LogP contribution in [0, 0.1) is 0 Å². The third kappa shape index (κ3) is 4.27. The summed E-state index contributed by atoms with van der Waals surface area (Å²) < 4.78 is 5.76. The number of nitrogens with one attached hydrogen (secondary N) is 1. The van der Waals surface area contributed by atoms with Crippen LogP contribution in [0.25, 0.3) is 0 Å². The van der Waals surface area contributed by atoms with Crippen LogP contribution >= 0.6 is 11.3 Å².